The molecule has 194 valence electrons. The molecule has 0 bridgehead atoms. The van der Waals surface area contributed by atoms with Gasteiger partial charge in [0.2, 0.25) is 0 Å². The van der Waals surface area contributed by atoms with Gasteiger partial charge in [-0.15, -0.1) is 10.2 Å². The lowest BCUT2D eigenvalue weighted by Crippen LogP contribution is -2.22. The Hall–Kier alpha value is -4.86. The Morgan fingerprint density at radius 1 is 1.24 bits per heavy atom. The van der Waals surface area contributed by atoms with Gasteiger partial charge in [-0.3, -0.25) is 14.7 Å². The van der Waals surface area contributed by atoms with Crippen LogP contribution in [0.1, 0.15) is 37.9 Å². The third-order valence-electron chi connectivity index (χ3n) is 5.36. The van der Waals surface area contributed by atoms with Crippen molar-refractivity contribution < 1.29 is 22.8 Å². The zero-order chi connectivity index (χ0) is 27.2. The quantitative estimate of drug-likeness (QED) is 0.291. The maximum absolute atomic E-state index is 13.5. The summed E-state index contributed by atoms with van der Waals surface area (Å²) in [6.45, 7) is 1.31. The van der Waals surface area contributed by atoms with Crippen molar-refractivity contribution in [1.29, 1.82) is 0 Å². The Kier molecular flexibility index (Phi) is 6.02. The van der Waals surface area contributed by atoms with Crippen molar-refractivity contribution in [3.8, 4) is 5.82 Å². The number of aromatic amines is 1. The van der Waals surface area contributed by atoms with Gasteiger partial charge in [-0.2, -0.15) is 28.2 Å². The number of carbonyl (C=O) groups is 2. The number of nitrogens with zero attached hydrogens (tertiary/aromatic N) is 8. The van der Waals surface area contributed by atoms with Gasteiger partial charge in [-0.25, -0.2) is 9.67 Å². The Labute approximate surface area is 214 Å². The van der Waals surface area contributed by atoms with Crippen molar-refractivity contribution in [2.24, 2.45) is 5.73 Å². The molecule has 0 aliphatic carbocycles. The molecule has 0 aliphatic rings. The lowest BCUT2D eigenvalue weighted by Gasteiger charge is -2.14. The zero-order valence-corrected chi connectivity index (χ0v) is 19.9. The predicted molar refractivity (Wildman–Crippen MR) is 126 cm³/mol. The van der Waals surface area contributed by atoms with Gasteiger partial charge < -0.3 is 11.1 Å². The first-order chi connectivity index (χ1) is 18.0. The number of alkyl halides is 3. The van der Waals surface area contributed by atoms with Crippen LogP contribution in [0.2, 0.25) is 5.02 Å². The summed E-state index contributed by atoms with van der Waals surface area (Å²) in [6.07, 6.45) is -1.86. The molecule has 0 saturated heterocycles. The number of pyridine rings is 1. The number of amides is 2. The molecule has 17 heteroatoms. The van der Waals surface area contributed by atoms with Crippen LogP contribution in [0.5, 0.6) is 0 Å². The number of nitrogens with two attached hydrogens (primary N) is 1. The second-order valence-electron chi connectivity index (χ2n) is 7.98. The van der Waals surface area contributed by atoms with Crippen molar-refractivity contribution in [2.75, 3.05) is 5.32 Å². The van der Waals surface area contributed by atoms with E-state index in [0.29, 0.717) is 21.3 Å². The number of anilines is 1. The summed E-state index contributed by atoms with van der Waals surface area (Å²) in [4.78, 5) is 30.6. The van der Waals surface area contributed by atoms with E-state index in [0.717, 1.165) is 4.68 Å². The molecule has 38 heavy (non-hydrogen) atoms. The van der Waals surface area contributed by atoms with E-state index >= 15 is 0 Å². The molecule has 0 aliphatic heterocycles. The fraction of sp³-hybridized carbons (Fsp3) is 0.143. The van der Waals surface area contributed by atoms with E-state index in [4.69, 9.17) is 17.3 Å². The van der Waals surface area contributed by atoms with Gasteiger partial charge >= 0.3 is 6.18 Å². The van der Waals surface area contributed by atoms with Crippen molar-refractivity contribution in [3.63, 3.8) is 0 Å². The summed E-state index contributed by atoms with van der Waals surface area (Å²) in [5.74, 6) is -2.90. The summed E-state index contributed by atoms with van der Waals surface area (Å²) in [5.41, 5.74) is 6.60. The average molecular weight is 546 g/mol. The van der Waals surface area contributed by atoms with Gasteiger partial charge in [-0.05, 0) is 42.0 Å². The summed E-state index contributed by atoms with van der Waals surface area (Å²) < 4.78 is 39.7. The van der Waals surface area contributed by atoms with Gasteiger partial charge in [0.1, 0.15) is 12.2 Å². The number of H-pyrrole nitrogens is 1. The molecule has 0 radical (unpaired) electrons. The highest BCUT2D eigenvalue weighted by atomic mass is 35.5. The van der Waals surface area contributed by atoms with Crippen molar-refractivity contribution in [3.05, 3.63) is 70.0 Å². The molecular weight excluding hydrogens is 531 g/mol. The van der Waals surface area contributed by atoms with Crippen LogP contribution in [-0.2, 0) is 12.7 Å². The van der Waals surface area contributed by atoms with Gasteiger partial charge in [0.05, 0.1) is 33.7 Å². The first-order valence-corrected chi connectivity index (χ1v) is 11.0. The second kappa shape index (κ2) is 9.22. The molecule has 4 N–H and O–H groups in total. The lowest BCUT2D eigenvalue weighted by atomic mass is 10.0. The molecule has 13 nitrogen and oxygen atoms in total. The molecule has 0 unspecified atom stereocenters. The van der Waals surface area contributed by atoms with E-state index in [1.54, 1.807) is 19.1 Å². The van der Waals surface area contributed by atoms with E-state index in [-0.39, 0.29) is 40.0 Å². The third-order valence-corrected chi connectivity index (χ3v) is 5.66. The summed E-state index contributed by atoms with van der Waals surface area (Å²) in [5, 5.41) is 24.0. The van der Waals surface area contributed by atoms with Crippen LogP contribution in [0.4, 0.5) is 18.9 Å². The van der Waals surface area contributed by atoms with Gasteiger partial charge in [0.25, 0.3) is 17.6 Å². The number of aryl methyl sites for hydroxylation is 1. The van der Waals surface area contributed by atoms with E-state index in [1.807, 2.05) is 0 Å². The van der Waals surface area contributed by atoms with Crippen molar-refractivity contribution in [2.45, 2.75) is 19.6 Å². The molecule has 5 aromatic rings. The molecule has 0 fully saturated rings. The van der Waals surface area contributed by atoms with E-state index in [2.05, 4.69) is 41.0 Å². The van der Waals surface area contributed by atoms with Gasteiger partial charge in [0.15, 0.2) is 5.82 Å². The highest BCUT2D eigenvalue weighted by Gasteiger charge is 2.37. The number of halogens is 4. The van der Waals surface area contributed by atoms with Gasteiger partial charge in [0, 0.05) is 11.6 Å². The van der Waals surface area contributed by atoms with Crippen molar-refractivity contribution in [1.82, 2.24) is 45.2 Å². The molecule has 5 rings (SSSR count). The SMILES string of the molecule is Cc1cc2cn[nH]c2c(C(N)=O)c1NC(=O)c1cc(Cn2nnc(C(F)(F)F)n2)nn1-c1ncccc1Cl. The Morgan fingerprint density at radius 2 is 2.03 bits per heavy atom. The summed E-state index contributed by atoms with van der Waals surface area (Å²) in [7, 11) is 0. The zero-order valence-electron chi connectivity index (χ0n) is 19.2. The molecule has 0 saturated carbocycles. The molecule has 2 amide bonds. The topological polar surface area (TPSA) is 175 Å². The maximum Gasteiger partial charge on any atom is 0.455 e. The number of aromatic nitrogens is 9. The lowest BCUT2D eigenvalue weighted by molar-refractivity contribution is -0.145. The molecule has 0 atom stereocenters. The van der Waals surface area contributed by atoms with Gasteiger partial charge in [-0.1, -0.05) is 11.6 Å². The van der Waals surface area contributed by atoms with Crippen LogP contribution in [0.15, 0.2) is 36.7 Å². The van der Waals surface area contributed by atoms with Crippen LogP contribution in [-0.4, -0.2) is 57.0 Å². The minimum atomic E-state index is -4.78. The molecule has 4 heterocycles. The van der Waals surface area contributed by atoms with E-state index < -0.39 is 23.8 Å². The molecule has 1 aromatic carbocycles. The van der Waals surface area contributed by atoms with Crippen LogP contribution in [0.25, 0.3) is 16.7 Å². The molecular formula is C21H15ClF3N11O2. The van der Waals surface area contributed by atoms with Crippen LogP contribution < -0.4 is 11.1 Å². The normalized spacial score (nSPS) is 11.7. The van der Waals surface area contributed by atoms with Crippen LogP contribution in [0.3, 0.4) is 0 Å². The fourth-order valence-electron chi connectivity index (χ4n) is 3.75. The highest BCUT2D eigenvalue weighted by molar-refractivity contribution is 6.32. The van der Waals surface area contributed by atoms with Crippen molar-refractivity contribution >= 4 is 40.0 Å². The summed E-state index contributed by atoms with van der Waals surface area (Å²) in [6, 6.07) is 6.08. The number of rotatable bonds is 6. The third kappa shape index (κ3) is 4.52. The number of carbonyl (C=O) groups excluding carboxylic acids is 2. The average Bonchev–Trinajstić information content (AvgIpc) is 3.59. The highest BCUT2D eigenvalue weighted by Crippen LogP contribution is 2.30. The molecule has 0 spiro atoms. The smallest absolute Gasteiger partial charge is 0.365 e. The van der Waals surface area contributed by atoms with Crippen LogP contribution >= 0.6 is 11.6 Å². The first-order valence-electron chi connectivity index (χ1n) is 10.7. The van der Waals surface area contributed by atoms with E-state index in [9.17, 15) is 22.8 Å². The number of fused-ring (bicyclic) bond motifs is 1. The fourth-order valence-corrected chi connectivity index (χ4v) is 3.95. The number of primary amides is 1. The van der Waals surface area contributed by atoms with Crippen LogP contribution in [0, 0.1) is 6.92 Å². The largest absolute Gasteiger partial charge is 0.455 e. The first kappa shape index (κ1) is 24.8. The number of hydrogen-bond donors (Lipinski definition) is 3. The number of nitrogens with one attached hydrogen (secondary N) is 2. The second-order valence-corrected chi connectivity index (χ2v) is 8.39. The summed E-state index contributed by atoms with van der Waals surface area (Å²) >= 11 is 6.27. The Bertz CT molecular complexity index is 1710. The standard InChI is InChI=1S/C21H15ClF3N11O2/c1-9-5-10-7-28-30-16(10)14(17(26)37)15(9)29-19(38)13-6-11(8-35-33-20(31-34-35)21(23,24)25)32-36(13)18-12(22)3-2-4-27-18/h2-7H,8H2,1H3,(H2,26,37)(H,28,30)(H,29,38). The monoisotopic (exact) mass is 545 g/mol. The number of tetrazole rings is 1. The number of hydrogen-bond acceptors (Lipinski definition) is 8. The minimum Gasteiger partial charge on any atom is -0.365 e. The Morgan fingerprint density at radius 3 is 2.71 bits per heavy atom. The molecule has 4 aromatic heterocycles. The Balaban J connectivity index is 1.56. The van der Waals surface area contributed by atoms with E-state index in [1.165, 1.54) is 24.5 Å². The maximum atomic E-state index is 13.5. The predicted octanol–water partition coefficient (Wildman–Crippen LogP) is 2.51. The number of benzene rings is 1. The minimum absolute atomic E-state index is 0.0134.